The molecule has 1 N–H and O–H groups in total. The summed E-state index contributed by atoms with van der Waals surface area (Å²) in [5.74, 6) is 0. The van der Waals surface area contributed by atoms with Crippen molar-refractivity contribution in [1.29, 1.82) is 5.26 Å². The molecular formula is C15H21N3. The predicted octanol–water partition coefficient (Wildman–Crippen LogP) is 2.39. The van der Waals surface area contributed by atoms with E-state index < -0.39 is 0 Å². The second-order valence-electron chi connectivity index (χ2n) is 5.08. The molecule has 0 bridgehead atoms. The van der Waals surface area contributed by atoms with E-state index >= 15 is 0 Å². The van der Waals surface area contributed by atoms with E-state index in [1.807, 2.05) is 0 Å². The first-order chi connectivity index (χ1) is 8.70. The molecule has 18 heavy (non-hydrogen) atoms. The third-order valence-electron chi connectivity index (χ3n) is 3.67. The fourth-order valence-electron chi connectivity index (χ4n) is 2.40. The molecule has 0 amide bonds. The molecule has 0 saturated carbocycles. The lowest BCUT2D eigenvalue weighted by molar-refractivity contribution is 0.552. The zero-order chi connectivity index (χ0) is 13.0. The lowest BCUT2D eigenvalue weighted by Gasteiger charge is -2.26. The van der Waals surface area contributed by atoms with Crippen molar-refractivity contribution in [2.45, 2.75) is 32.7 Å². The van der Waals surface area contributed by atoms with Gasteiger partial charge in [0, 0.05) is 24.8 Å². The summed E-state index contributed by atoms with van der Waals surface area (Å²) in [5, 5.41) is 12.3. The molecule has 1 aromatic carbocycles. The van der Waals surface area contributed by atoms with Crippen LogP contribution < -0.4 is 10.2 Å². The monoisotopic (exact) mass is 243 g/mol. The number of aryl methyl sites for hydroxylation is 2. The maximum atomic E-state index is 8.84. The summed E-state index contributed by atoms with van der Waals surface area (Å²) < 4.78 is 0. The van der Waals surface area contributed by atoms with Crippen LogP contribution in [0.5, 0.6) is 0 Å². The van der Waals surface area contributed by atoms with Gasteiger partial charge in [-0.3, -0.25) is 0 Å². The molecule has 1 atom stereocenters. The Kier molecular flexibility index (Phi) is 4.22. The van der Waals surface area contributed by atoms with Crippen molar-refractivity contribution in [2.24, 2.45) is 0 Å². The summed E-state index contributed by atoms with van der Waals surface area (Å²) in [6.07, 6.45) is 1.72. The molecule has 2 rings (SSSR count). The van der Waals surface area contributed by atoms with Crippen LogP contribution in [0.2, 0.25) is 0 Å². The van der Waals surface area contributed by atoms with E-state index in [1.165, 1.54) is 16.8 Å². The van der Waals surface area contributed by atoms with Crippen molar-refractivity contribution in [2.75, 3.05) is 24.5 Å². The van der Waals surface area contributed by atoms with Gasteiger partial charge >= 0.3 is 0 Å². The predicted molar refractivity (Wildman–Crippen MR) is 74.8 cm³/mol. The second kappa shape index (κ2) is 5.88. The minimum absolute atomic E-state index is 0.291. The number of nitriles is 1. The lowest BCUT2D eigenvalue weighted by atomic mass is 10.1. The first-order valence-corrected chi connectivity index (χ1v) is 6.63. The van der Waals surface area contributed by atoms with Crippen LogP contribution in [-0.4, -0.2) is 25.7 Å². The maximum Gasteiger partial charge on any atom is 0.0638 e. The molecule has 1 unspecified atom stereocenters. The first kappa shape index (κ1) is 12.9. The van der Waals surface area contributed by atoms with Gasteiger partial charge in [-0.1, -0.05) is 6.07 Å². The fraction of sp³-hybridized carbons (Fsp3) is 0.533. The van der Waals surface area contributed by atoms with Crippen LogP contribution in [0.25, 0.3) is 0 Å². The molecule has 1 aliphatic heterocycles. The molecule has 0 aromatic heterocycles. The van der Waals surface area contributed by atoms with Crippen molar-refractivity contribution in [1.82, 2.24) is 5.32 Å². The molecule has 3 nitrogen and oxygen atoms in total. The standard InChI is InChI=1S/C15H21N3/c1-12-4-5-15(10-13(12)2)18-9-3-8-17-14(11-18)6-7-16/h4-5,10,14,17H,3,6,8-9,11H2,1-2H3. The summed E-state index contributed by atoms with van der Waals surface area (Å²) >= 11 is 0. The van der Waals surface area contributed by atoms with Gasteiger partial charge in [0.1, 0.15) is 0 Å². The van der Waals surface area contributed by atoms with Crippen molar-refractivity contribution in [3.63, 3.8) is 0 Å². The van der Waals surface area contributed by atoms with Crippen LogP contribution in [0.3, 0.4) is 0 Å². The van der Waals surface area contributed by atoms with Gasteiger partial charge in [-0.15, -0.1) is 0 Å². The Bertz CT molecular complexity index is 448. The lowest BCUT2D eigenvalue weighted by Crippen LogP contribution is -2.37. The molecule has 0 aliphatic carbocycles. The van der Waals surface area contributed by atoms with E-state index in [4.69, 9.17) is 5.26 Å². The van der Waals surface area contributed by atoms with E-state index in [-0.39, 0.29) is 0 Å². The van der Waals surface area contributed by atoms with Gasteiger partial charge < -0.3 is 10.2 Å². The third kappa shape index (κ3) is 3.02. The van der Waals surface area contributed by atoms with Gasteiger partial charge in [-0.05, 0) is 50.1 Å². The van der Waals surface area contributed by atoms with Gasteiger partial charge in [0.25, 0.3) is 0 Å². The minimum Gasteiger partial charge on any atom is -0.370 e. The number of nitrogens with zero attached hydrogens (tertiary/aromatic N) is 2. The molecule has 1 saturated heterocycles. The summed E-state index contributed by atoms with van der Waals surface area (Å²) in [7, 11) is 0. The van der Waals surface area contributed by atoms with E-state index in [0.717, 1.165) is 26.1 Å². The number of anilines is 1. The topological polar surface area (TPSA) is 39.1 Å². The molecule has 1 fully saturated rings. The van der Waals surface area contributed by atoms with Gasteiger partial charge in [0.05, 0.1) is 12.5 Å². The minimum atomic E-state index is 0.291. The van der Waals surface area contributed by atoms with Crippen LogP contribution in [0.15, 0.2) is 18.2 Å². The largest absolute Gasteiger partial charge is 0.370 e. The van der Waals surface area contributed by atoms with Gasteiger partial charge in [0.15, 0.2) is 0 Å². The summed E-state index contributed by atoms with van der Waals surface area (Å²) in [4.78, 5) is 2.40. The quantitative estimate of drug-likeness (QED) is 0.867. The van der Waals surface area contributed by atoms with Crippen LogP contribution in [-0.2, 0) is 0 Å². The highest BCUT2D eigenvalue weighted by molar-refractivity contribution is 5.51. The van der Waals surface area contributed by atoms with Gasteiger partial charge in [-0.25, -0.2) is 0 Å². The van der Waals surface area contributed by atoms with Crippen LogP contribution in [0.1, 0.15) is 24.0 Å². The summed E-state index contributed by atoms with van der Waals surface area (Å²) in [6.45, 7) is 7.30. The zero-order valence-corrected chi connectivity index (χ0v) is 11.2. The number of nitrogens with one attached hydrogen (secondary N) is 1. The van der Waals surface area contributed by atoms with E-state index in [0.29, 0.717) is 12.5 Å². The first-order valence-electron chi connectivity index (χ1n) is 6.63. The highest BCUT2D eigenvalue weighted by Crippen LogP contribution is 2.20. The molecule has 3 heteroatoms. The van der Waals surface area contributed by atoms with Crippen LogP contribution >= 0.6 is 0 Å². The Morgan fingerprint density at radius 1 is 1.39 bits per heavy atom. The smallest absolute Gasteiger partial charge is 0.0638 e. The van der Waals surface area contributed by atoms with Gasteiger partial charge in [0.2, 0.25) is 0 Å². The Hall–Kier alpha value is -1.53. The second-order valence-corrected chi connectivity index (χ2v) is 5.08. The molecule has 1 aliphatic rings. The van der Waals surface area contributed by atoms with Crippen LogP contribution in [0.4, 0.5) is 5.69 Å². The highest BCUT2D eigenvalue weighted by Gasteiger charge is 2.17. The average Bonchev–Trinajstić information content (AvgIpc) is 2.59. The average molecular weight is 243 g/mol. The van der Waals surface area contributed by atoms with Gasteiger partial charge in [-0.2, -0.15) is 5.26 Å². The SMILES string of the molecule is Cc1ccc(N2CCCNC(CC#N)C2)cc1C. The number of rotatable bonds is 2. The van der Waals surface area contributed by atoms with E-state index in [2.05, 4.69) is 48.3 Å². The molecule has 96 valence electrons. The Morgan fingerprint density at radius 3 is 2.94 bits per heavy atom. The third-order valence-corrected chi connectivity index (χ3v) is 3.67. The Morgan fingerprint density at radius 2 is 2.22 bits per heavy atom. The highest BCUT2D eigenvalue weighted by atomic mass is 15.2. The van der Waals surface area contributed by atoms with E-state index in [9.17, 15) is 0 Å². The zero-order valence-electron chi connectivity index (χ0n) is 11.2. The Balaban J connectivity index is 2.15. The molecule has 0 radical (unpaired) electrons. The number of benzene rings is 1. The normalized spacial score (nSPS) is 20.3. The van der Waals surface area contributed by atoms with Crippen LogP contribution in [0, 0.1) is 25.2 Å². The molecule has 1 aromatic rings. The molecule has 0 spiro atoms. The summed E-state index contributed by atoms with van der Waals surface area (Å²) in [6, 6.07) is 9.19. The van der Waals surface area contributed by atoms with E-state index in [1.54, 1.807) is 0 Å². The summed E-state index contributed by atoms with van der Waals surface area (Å²) in [5.41, 5.74) is 3.95. The Labute approximate surface area is 109 Å². The number of hydrogen-bond acceptors (Lipinski definition) is 3. The molecule has 1 heterocycles. The van der Waals surface area contributed by atoms with Crippen molar-refractivity contribution >= 4 is 5.69 Å². The maximum absolute atomic E-state index is 8.84. The number of hydrogen-bond donors (Lipinski definition) is 1. The van der Waals surface area contributed by atoms with Crippen molar-refractivity contribution < 1.29 is 0 Å². The van der Waals surface area contributed by atoms with Crippen molar-refractivity contribution in [3.05, 3.63) is 29.3 Å². The fourth-order valence-corrected chi connectivity index (χ4v) is 2.40. The molecular weight excluding hydrogens is 222 g/mol. The van der Waals surface area contributed by atoms with Crippen molar-refractivity contribution in [3.8, 4) is 6.07 Å².